The third kappa shape index (κ3) is 2.82. The van der Waals surface area contributed by atoms with Gasteiger partial charge in [-0.3, -0.25) is 0 Å². The van der Waals surface area contributed by atoms with Crippen molar-refractivity contribution in [1.29, 1.82) is 0 Å². The molecular formula is C14H16FN3O3. The molecule has 0 radical (unpaired) electrons. The zero-order valence-electron chi connectivity index (χ0n) is 11.6. The third-order valence-corrected chi connectivity index (χ3v) is 3.53. The fourth-order valence-electron chi connectivity index (χ4n) is 2.47. The van der Waals surface area contributed by atoms with Crippen LogP contribution in [0.1, 0.15) is 12.5 Å². The number of hydrogen-bond donors (Lipinski definition) is 1. The summed E-state index contributed by atoms with van der Waals surface area (Å²) in [5, 5.41) is 3.94. The highest BCUT2D eigenvalue weighted by atomic mass is 19.1. The summed E-state index contributed by atoms with van der Waals surface area (Å²) in [7, 11) is 0. The Kier molecular flexibility index (Phi) is 3.74. The first-order valence-electron chi connectivity index (χ1n) is 6.82. The van der Waals surface area contributed by atoms with Gasteiger partial charge in [0.25, 0.3) is 0 Å². The number of morpholine rings is 1. The van der Waals surface area contributed by atoms with Crippen LogP contribution >= 0.6 is 0 Å². The van der Waals surface area contributed by atoms with E-state index in [4.69, 9.17) is 9.47 Å². The van der Waals surface area contributed by atoms with Crippen LogP contribution in [0, 0.1) is 5.82 Å². The van der Waals surface area contributed by atoms with E-state index in [0.29, 0.717) is 43.3 Å². The molecule has 6 nitrogen and oxygen atoms in total. The highest BCUT2D eigenvalue weighted by molar-refractivity contribution is 6.05. The van der Waals surface area contributed by atoms with Gasteiger partial charge in [0.05, 0.1) is 18.9 Å². The number of carbonyl (C=O) groups excluding carboxylic acids is 1. The highest BCUT2D eigenvalue weighted by Crippen LogP contribution is 2.23. The van der Waals surface area contributed by atoms with Crippen molar-refractivity contribution in [2.24, 2.45) is 5.10 Å². The molecule has 0 saturated carbocycles. The zero-order valence-corrected chi connectivity index (χ0v) is 11.6. The van der Waals surface area contributed by atoms with Gasteiger partial charge in [-0.1, -0.05) is 6.07 Å². The van der Waals surface area contributed by atoms with Gasteiger partial charge in [0.15, 0.2) is 0 Å². The Morgan fingerprint density at radius 2 is 2.14 bits per heavy atom. The number of nitrogens with zero attached hydrogens (tertiary/aromatic N) is 2. The first-order valence-corrected chi connectivity index (χ1v) is 6.82. The molecular weight excluding hydrogens is 277 g/mol. The van der Waals surface area contributed by atoms with E-state index in [0.717, 1.165) is 0 Å². The fraction of sp³-hybridized carbons (Fsp3) is 0.429. The van der Waals surface area contributed by atoms with E-state index in [1.807, 2.05) is 4.90 Å². The van der Waals surface area contributed by atoms with Crippen molar-refractivity contribution >= 4 is 17.5 Å². The topological polar surface area (TPSA) is 63.2 Å². The SMILES string of the molecule is C[C@@H]1OC(=O)NN=C1c1ccc(N2CCOCC2)c(F)c1. The van der Waals surface area contributed by atoms with Crippen molar-refractivity contribution in [3.63, 3.8) is 0 Å². The van der Waals surface area contributed by atoms with Crippen LogP contribution in [0.15, 0.2) is 23.3 Å². The fourth-order valence-corrected chi connectivity index (χ4v) is 2.47. The summed E-state index contributed by atoms with van der Waals surface area (Å²) < 4.78 is 24.6. The van der Waals surface area contributed by atoms with E-state index in [-0.39, 0.29) is 5.82 Å². The molecule has 0 spiro atoms. The van der Waals surface area contributed by atoms with Gasteiger partial charge in [0, 0.05) is 18.7 Å². The lowest BCUT2D eigenvalue weighted by molar-refractivity contribution is 0.122. The number of nitrogens with one attached hydrogen (secondary N) is 1. The molecule has 1 saturated heterocycles. The van der Waals surface area contributed by atoms with Gasteiger partial charge < -0.3 is 14.4 Å². The number of anilines is 1. The number of rotatable bonds is 2. The largest absolute Gasteiger partial charge is 0.439 e. The van der Waals surface area contributed by atoms with Crippen LogP contribution in [0.5, 0.6) is 0 Å². The van der Waals surface area contributed by atoms with Gasteiger partial charge in [-0.25, -0.2) is 14.6 Å². The first-order chi connectivity index (χ1) is 10.1. The minimum absolute atomic E-state index is 0.318. The van der Waals surface area contributed by atoms with Crippen LogP contribution in [0.25, 0.3) is 0 Å². The second kappa shape index (κ2) is 5.69. The Morgan fingerprint density at radius 3 is 2.81 bits per heavy atom. The predicted octanol–water partition coefficient (Wildman–Crippen LogP) is 1.49. The van der Waals surface area contributed by atoms with Crippen molar-refractivity contribution in [3.8, 4) is 0 Å². The summed E-state index contributed by atoms with van der Waals surface area (Å²) in [6.07, 6.45) is -1.11. The molecule has 1 N–H and O–H groups in total. The van der Waals surface area contributed by atoms with Gasteiger partial charge in [0.2, 0.25) is 0 Å². The summed E-state index contributed by atoms with van der Waals surface area (Å²) in [6.45, 7) is 4.25. The summed E-state index contributed by atoms with van der Waals surface area (Å²) in [6, 6.07) is 4.92. The number of amides is 1. The van der Waals surface area contributed by atoms with Crippen molar-refractivity contribution < 1.29 is 18.7 Å². The molecule has 1 fully saturated rings. The predicted molar refractivity (Wildman–Crippen MR) is 75.0 cm³/mol. The minimum Gasteiger partial charge on any atom is -0.439 e. The number of benzene rings is 1. The van der Waals surface area contributed by atoms with Crippen molar-refractivity contribution in [2.75, 3.05) is 31.2 Å². The normalized spacial score (nSPS) is 22.4. The molecule has 0 aromatic heterocycles. The van der Waals surface area contributed by atoms with Crippen LogP contribution < -0.4 is 10.3 Å². The number of halogens is 1. The number of cyclic esters (lactones) is 1. The van der Waals surface area contributed by atoms with E-state index in [1.54, 1.807) is 19.1 Å². The molecule has 2 aliphatic heterocycles. The first kappa shape index (κ1) is 13.8. The lowest BCUT2D eigenvalue weighted by atomic mass is 10.0. The Hall–Kier alpha value is -2.15. The quantitative estimate of drug-likeness (QED) is 0.897. The number of carbonyl (C=O) groups is 1. The molecule has 1 aromatic rings. The average molecular weight is 293 g/mol. The summed E-state index contributed by atoms with van der Waals surface area (Å²) >= 11 is 0. The lowest BCUT2D eigenvalue weighted by Gasteiger charge is -2.29. The van der Waals surface area contributed by atoms with Crippen LogP contribution in [0.2, 0.25) is 0 Å². The maximum atomic E-state index is 14.3. The molecule has 112 valence electrons. The molecule has 0 aliphatic carbocycles. The molecule has 1 amide bonds. The molecule has 0 unspecified atom stereocenters. The Balaban J connectivity index is 1.85. The van der Waals surface area contributed by atoms with Crippen LogP contribution in [-0.4, -0.2) is 44.2 Å². The summed E-state index contributed by atoms with van der Waals surface area (Å²) in [5.74, 6) is -0.318. The molecule has 21 heavy (non-hydrogen) atoms. The van der Waals surface area contributed by atoms with Crippen LogP contribution in [0.4, 0.5) is 14.9 Å². The van der Waals surface area contributed by atoms with Gasteiger partial charge >= 0.3 is 6.09 Å². The monoisotopic (exact) mass is 293 g/mol. The van der Waals surface area contributed by atoms with E-state index in [2.05, 4.69) is 10.5 Å². The van der Waals surface area contributed by atoms with Gasteiger partial charge in [-0.15, -0.1) is 0 Å². The van der Waals surface area contributed by atoms with Crippen molar-refractivity contribution in [2.45, 2.75) is 13.0 Å². The lowest BCUT2D eigenvalue weighted by Crippen LogP contribution is -2.38. The van der Waals surface area contributed by atoms with Gasteiger partial charge in [-0.2, -0.15) is 5.10 Å². The van der Waals surface area contributed by atoms with Gasteiger partial charge in [-0.05, 0) is 19.1 Å². The molecule has 0 bridgehead atoms. The van der Waals surface area contributed by atoms with Gasteiger partial charge in [0.1, 0.15) is 17.6 Å². The van der Waals surface area contributed by atoms with E-state index < -0.39 is 12.2 Å². The van der Waals surface area contributed by atoms with Crippen molar-refractivity contribution in [1.82, 2.24) is 5.43 Å². The second-order valence-corrected chi connectivity index (χ2v) is 4.92. The maximum absolute atomic E-state index is 14.3. The van der Waals surface area contributed by atoms with Crippen LogP contribution in [0.3, 0.4) is 0 Å². The molecule has 2 heterocycles. The molecule has 2 aliphatic rings. The van der Waals surface area contributed by atoms with Crippen LogP contribution in [-0.2, 0) is 9.47 Å². The van der Waals surface area contributed by atoms with Crippen molar-refractivity contribution in [3.05, 3.63) is 29.6 Å². The molecule has 1 atom stereocenters. The average Bonchev–Trinajstić information content (AvgIpc) is 2.48. The van der Waals surface area contributed by atoms with E-state index >= 15 is 0 Å². The van der Waals surface area contributed by atoms with E-state index in [1.165, 1.54) is 6.07 Å². The number of hydrazone groups is 1. The smallest absolute Gasteiger partial charge is 0.428 e. The molecule has 1 aromatic carbocycles. The Labute approximate surface area is 121 Å². The zero-order chi connectivity index (χ0) is 14.8. The second-order valence-electron chi connectivity index (χ2n) is 4.92. The van der Waals surface area contributed by atoms with E-state index in [9.17, 15) is 9.18 Å². The number of hydrogen-bond acceptors (Lipinski definition) is 5. The third-order valence-electron chi connectivity index (χ3n) is 3.53. The number of ether oxygens (including phenoxy) is 2. The Bertz CT molecular complexity index is 585. The maximum Gasteiger partial charge on any atom is 0.428 e. The molecule has 3 rings (SSSR count). The highest BCUT2D eigenvalue weighted by Gasteiger charge is 2.24. The summed E-state index contributed by atoms with van der Waals surface area (Å²) in [4.78, 5) is 13.0. The molecule has 7 heteroatoms. The summed E-state index contributed by atoms with van der Waals surface area (Å²) in [5.41, 5.74) is 3.88. The standard InChI is InChI=1S/C14H16FN3O3/c1-9-13(16-17-14(19)21-9)10-2-3-12(11(15)8-10)18-4-6-20-7-5-18/h2-3,8-9H,4-7H2,1H3,(H,17,19)/t9-/m0/s1. The minimum atomic E-state index is -0.600. The Morgan fingerprint density at radius 1 is 1.38 bits per heavy atom.